The normalized spacial score (nSPS) is 14.5. The molecule has 0 aliphatic carbocycles. The van der Waals surface area contributed by atoms with Crippen LogP contribution >= 0.6 is 0 Å². The molecule has 0 bridgehead atoms. The number of nitrogens with one attached hydrogen (secondary N) is 2. The lowest BCUT2D eigenvalue weighted by Gasteiger charge is -2.26. The monoisotopic (exact) mass is 482 g/mol. The highest BCUT2D eigenvalue weighted by Crippen LogP contribution is 2.22. The molecule has 2 amide bonds. The Morgan fingerprint density at radius 3 is 2.12 bits per heavy atom. The molecule has 34 heavy (non-hydrogen) atoms. The molecule has 2 aromatic carbocycles. The average Bonchev–Trinajstić information content (AvgIpc) is 3.17. The Balaban J connectivity index is 1.52. The Kier molecular flexibility index (Phi) is 6.82. The lowest BCUT2D eigenvalue weighted by molar-refractivity contribution is 0.0729. The Morgan fingerprint density at radius 1 is 0.853 bits per heavy atom. The number of morpholine rings is 1. The maximum absolute atomic E-state index is 13.1. The van der Waals surface area contributed by atoms with Crippen molar-refractivity contribution in [3.05, 3.63) is 83.2 Å². The number of nitrogens with zero attached hydrogens (tertiary/aromatic N) is 2. The minimum Gasteiger partial charge on any atom is -0.379 e. The molecule has 0 atom stereocenters. The summed E-state index contributed by atoms with van der Waals surface area (Å²) in [6, 6.07) is 17.3. The van der Waals surface area contributed by atoms with Gasteiger partial charge >= 0.3 is 0 Å². The summed E-state index contributed by atoms with van der Waals surface area (Å²) in [7, 11) is -3.89. The van der Waals surface area contributed by atoms with E-state index >= 15 is 0 Å². The number of aromatic nitrogens is 1. The molecule has 0 saturated carbocycles. The molecule has 9 nitrogen and oxygen atoms in total. The van der Waals surface area contributed by atoms with Gasteiger partial charge in [-0.1, -0.05) is 30.3 Å². The van der Waals surface area contributed by atoms with E-state index in [4.69, 9.17) is 4.74 Å². The SMILES string of the molecule is Cc1cc(C(=O)NNC(=O)c2ccccc2S(=O)(=O)N2CCOCC2)c(C)n1-c1ccccc1. The number of carbonyl (C=O) groups excluding carboxylic acids is 2. The number of rotatable bonds is 5. The third-order valence-corrected chi connectivity index (χ3v) is 7.66. The van der Waals surface area contributed by atoms with E-state index < -0.39 is 21.8 Å². The van der Waals surface area contributed by atoms with Crippen LogP contribution in [0.25, 0.3) is 5.69 Å². The molecule has 178 valence electrons. The molecule has 1 aliphatic heterocycles. The zero-order chi connectivity index (χ0) is 24.3. The number of hydrazine groups is 1. The van der Waals surface area contributed by atoms with Crippen LogP contribution in [0.2, 0.25) is 0 Å². The van der Waals surface area contributed by atoms with Gasteiger partial charge in [-0.15, -0.1) is 0 Å². The Morgan fingerprint density at radius 2 is 1.44 bits per heavy atom. The minimum atomic E-state index is -3.89. The van der Waals surface area contributed by atoms with Crippen LogP contribution in [0, 0.1) is 13.8 Å². The van der Waals surface area contributed by atoms with E-state index in [0.29, 0.717) is 24.5 Å². The van der Waals surface area contributed by atoms with Crippen LogP contribution in [0.1, 0.15) is 32.1 Å². The van der Waals surface area contributed by atoms with Crippen LogP contribution < -0.4 is 10.9 Å². The van der Waals surface area contributed by atoms with Gasteiger partial charge in [-0.25, -0.2) is 8.42 Å². The van der Waals surface area contributed by atoms with Crippen molar-refractivity contribution in [2.45, 2.75) is 18.7 Å². The molecule has 1 aliphatic rings. The lowest BCUT2D eigenvalue weighted by Crippen LogP contribution is -2.44. The fourth-order valence-electron chi connectivity index (χ4n) is 4.02. The summed E-state index contributed by atoms with van der Waals surface area (Å²) in [5.41, 5.74) is 7.60. The first-order valence-corrected chi connectivity index (χ1v) is 12.3. The van der Waals surface area contributed by atoms with Gasteiger partial charge in [-0.3, -0.25) is 20.4 Å². The lowest BCUT2D eigenvalue weighted by atomic mass is 10.2. The van der Waals surface area contributed by atoms with E-state index in [9.17, 15) is 18.0 Å². The molecule has 1 fully saturated rings. The van der Waals surface area contributed by atoms with Crippen LogP contribution in [0.15, 0.2) is 65.6 Å². The van der Waals surface area contributed by atoms with Crippen molar-refractivity contribution >= 4 is 21.8 Å². The van der Waals surface area contributed by atoms with Gasteiger partial charge in [-0.2, -0.15) is 4.31 Å². The van der Waals surface area contributed by atoms with Crippen molar-refractivity contribution in [3.8, 4) is 5.69 Å². The quantitative estimate of drug-likeness (QED) is 0.542. The fraction of sp³-hybridized carbons (Fsp3) is 0.250. The Bertz CT molecular complexity index is 1310. The number of hydrogen-bond donors (Lipinski definition) is 2. The van der Waals surface area contributed by atoms with Gasteiger partial charge in [0.15, 0.2) is 0 Å². The van der Waals surface area contributed by atoms with Gasteiger partial charge < -0.3 is 9.30 Å². The molecule has 1 aromatic heterocycles. The maximum Gasteiger partial charge on any atom is 0.271 e. The molecule has 0 unspecified atom stereocenters. The Hall–Kier alpha value is -3.47. The molecular formula is C24H26N4O5S. The highest BCUT2D eigenvalue weighted by atomic mass is 32.2. The summed E-state index contributed by atoms with van der Waals surface area (Å²) in [4.78, 5) is 25.6. The van der Waals surface area contributed by atoms with Crippen molar-refractivity contribution in [2.24, 2.45) is 0 Å². The van der Waals surface area contributed by atoms with Crippen LogP contribution in [0.5, 0.6) is 0 Å². The molecule has 10 heteroatoms. The molecule has 0 radical (unpaired) electrons. The van der Waals surface area contributed by atoms with E-state index in [-0.39, 0.29) is 23.5 Å². The maximum atomic E-state index is 13.1. The van der Waals surface area contributed by atoms with Gasteiger partial charge in [0, 0.05) is 30.2 Å². The van der Waals surface area contributed by atoms with E-state index in [2.05, 4.69) is 10.9 Å². The predicted octanol–water partition coefficient (Wildman–Crippen LogP) is 2.19. The van der Waals surface area contributed by atoms with Crippen molar-refractivity contribution in [3.63, 3.8) is 0 Å². The fourth-order valence-corrected chi connectivity index (χ4v) is 5.62. The number of hydrogen-bond acceptors (Lipinski definition) is 5. The molecule has 2 N–H and O–H groups in total. The van der Waals surface area contributed by atoms with Crippen molar-refractivity contribution in [2.75, 3.05) is 26.3 Å². The predicted molar refractivity (Wildman–Crippen MR) is 126 cm³/mol. The van der Waals surface area contributed by atoms with Crippen molar-refractivity contribution in [1.29, 1.82) is 0 Å². The number of sulfonamides is 1. The van der Waals surface area contributed by atoms with Crippen LogP contribution in [-0.2, 0) is 14.8 Å². The van der Waals surface area contributed by atoms with Crippen LogP contribution in [-0.4, -0.2) is 55.4 Å². The summed E-state index contributed by atoms with van der Waals surface area (Å²) in [5.74, 6) is -1.23. The molecule has 2 heterocycles. The number of benzene rings is 2. The van der Waals surface area contributed by atoms with Gasteiger partial charge in [0.2, 0.25) is 10.0 Å². The van der Waals surface area contributed by atoms with E-state index in [1.54, 1.807) is 18.2 Å². The summed E-state index contributed by atoms with van der Waals surface area (Å²) in [6.07, 6.45) is 0. The minimum absolute atomic E-state index is 0.0518. The first-order valence-electron chi connectivity index (χ1n) is 10.8. The molecule has 3 aromatic rings. The number of para-hydroxylation sites is 1. The second-order valence-corrected chi connectivity index (χ2v) is 9.78. The Labute approximate surface area is 198 Å². The molecule has 0 spiro atoms. The highest BCUT2D eigenvalue weighted by Gasteiger charge is 2.30. The van der Waals surface area contributed by atoms with Gasteiger partial charge in [-0.05, 0) is 44.2 Å². The summed E-state index contributed by atoms with van der Waals surface area (Å²) in [5, 5.41) is 0. The van der Waals surface area contributed by atoms with Crippen molar-refractivity contribution < 1.29 is 22.7 Å². The molecular weight excluding hydrogens is 456 g/mol. The number of ether oxygens (including phenoxy) is 1. The zero-order valence-corrected chi connectivity index (χ0v) is 19.8. The van der Waals surface area contributed by atoms with Gasteiger partial charge in [0.05, 0.1) is 29.2 Å². The second kappa shape index (κ2) is 9.80. The zero-order valence-electron chi connectivity index (χ0n) is 18.9. The van der Waals surface area contributed by atoms with E-state index in [1.807, 2.05) is 48.7 Å². The second-order valence-electron chi connectivity index (χ2n) is 7.88. The number of amides is 2. The van der Waals surface area contributed by atoms with Gasteiger partial charge in [0.25, 0.3) is 11.8 Å². The third-order valence-electron chi connectivity index (χ3n) is 5.70. The molecule has 1 saturated heterocycles. The highest BCUT2D eigenvalue weighted by molar-refractivity contribution is 7.89. The first-order chi connectivity index (χ1) is 16.3. The summed E-state index contributed by atoms with van der Waals surface area (Å²) < 4.78 is 34.6. The number of carbonyl (C=O) groups is 2. The summed E-state index contributed by atoms with van der Waals surface area (Å²) in [6.45, 7) is 4.73. The third kappa shape index (κ3) is 4.60. The van der Waals surface area contributed by atoms with E-state index in [1.165, 1.54) is 16.4 Å². The average molecular weight is 483 g/mol. The summed E-state index contributed by atoms with van der Waals surface area (Å²) >= 11 is 0. The van der Waals surface area contributed by atoms with Crippen molar-refractivity contribution in [1.82, 2.24) is 19.7 Å². The van der Waals surface area contributed by atoms with Crippen LogP contribution in [0.4, 0.5) is 0 Å². The number of aryl methyl sites for hydroxylation is 1. The van der Waals surface area contributed by atoms with E-state index in [0.717, 1.165) is 11.4 Å². The smallest absolute Gasteiger partial charge is 0.271 e. The van der Waals surface area contributed by atoms with Crippen LogP contribution in [0.3, 0.4) is 0 Å². The van der Waals surface area contributed by atoms with Gasteiger partial charge in [0.1, 0.15) is 0 Å². The standard InChI is InChI=1S/C24H26N4O5S/c1-17-16-21(18(2)28(17)19-8-4-3-5-9-19)24(30)26-25-23(29)20-10-6-7-11-22(20)34(31,32)27-12-14-33-15-13-27/h3-11,16H,12-15H2,1-2H3,(H,25,29)(H,26,30). The first kappa shape index (κ1) is 23.7. The largest absolute Gasteiger partial charge is 0.379 e. The topological polar surface area (TPSA) is 110 Å². The molecule has 4 rings (SSSR count).